The molecule has 0 aromatic heterocycles. The molecular formula is C11H11FN2O2. The van der Waals surface area contributed by atoms with Crippen molar-refractivity contribution in [1.82, 2.24) is 0 Å². The van der Waals surface area contributed by atoms with Crippen LogP contribution in [0.2, 0.25) is 0 Å². The molecule has 1 atom stereocenters. The number of nitrogens with zero attached hydrogens (tertiary/aromatic N) is 1. The maximum Gasteiger partial charge on any atom is 0.249 e. The fourth-order valence-corrected chi connectivity index (χ4v) is 2.19. The summed E-state index contributed by atoms with van der Waals surface area (Å²) in [7, 11) is 0. The van der Waals surface area contributed by atoms with Gasteiger partial charge in [-0.3, -0.25) is 4.79 Å². The lowest BCUT2D eigenvalue weighted by Crippen LogP contribution is -2.55. The predicted molar refractivity (Wildman–Crippen MR) is 57.0 cm³/mol. The molecule has 0 saturated carbocycles. The van der Waals surface area contributed by atoms with Crippen LogP contribution in [0.15, 0.2) is 18.2 Å². The van der Waals surface area contributed by atoms with Crippen LogP contribution in [0, 0.1) is 5.82 Å². The minimum Gasteiger partial charge on any atom is -0.377 e. The number of benzene rings is 1. The zero-order chi connectivity index (χ0) is 11.1. The highest BCUT2D eigenvalue weighted by Gasteiger charge is 2.36. The van der Waals surface area contributed by atoms with Crippen LogP contribution in [0.25, 0.3) is 0 Å². The van der Waals surface area contributed by atoms with Gasteiger partial charge in [-0.2, -0.15) is 0 Å². The number of carbonyl (C=O) groups is 1. The van der Waals surface area contributed by atoms with Crippen LogP contribution in [0.4, 0.5) is 15.8 Å². The first kappa shape index (κ1) is 9.59. The maximum atomic E-state index is 13.5. The number of hydrogen-bond donors (Lipinski definition) is 1. The third kappa shape index (κ3) is 1.28. The summed E-state index contributed by atoms with van der Waals surface area (Å²) in [6, 6.07) is 4.48. The summed E-state index contributed by atoms with van der Waals surface area (Å²) >= 11 is 0. The van der Waals surface area contributed by atoms with E-state index in [0.717, 1.165) is 5.69 Å². The lowest BCUT2D eigenvalue weighted by Gasteiger charge is -2.40. The van der Waals surface area contributed by atoms with E-state index in [1.54, 1.807) is 6.07 Å². The van der Waals surface area contributed by atoms with Crippen LogP contribution < -0.4 is 10.2 Å². The second kappa shape index (κ2) is 3.45. The number of amides is 1. The van der Waals surface area contributed by atoms with Gasteiger partial charge < -0.3 is 15.0 Å². The molecule has 0 bridgehead atoms. The topological polar surface area (TPSA) is 41.6 Å². The molecule has 1 saturated heterocycles. The van der Waals surface area contributed by atoms with Gasteiger partial charge in [-0.15, -0.1) is 0 Å². The molecule has 1 N–H and O–H groups in total. The second-order valence-electron chi connectivity index (χ2n) is 3.91. The Hall–Kier alpha value is -1.62. The molecular weight excluding hydrogens is 211 g/mol. The Labute approximate surface area is 92.0 Å². The van der Waals surface area contributed by atoms with E-state index >= 15 is 0 Å². The minimum absolute atomic E-state index is 0.197. The van der Waals surface area contributed by atoms with Gasteiger partial charge in [0.2, 0.25) is 5.91 Å². The van der Waals surface area contributed by atoms with Crippen LogP contribution in [0.1, 0.15) is 0 Å². The molecule has 0 spiro atoms. The van der Waals surface area contributed by atoms with Gasteiger partial charge in [0.25, 0.3) is 0 Å². The van der Waals surface area contributed by atoms with E-state index in [9.17, 15) is 9.18 Å². The molecule has 1 aromatic rings. The molecule has 5 heteroatoms. The average Bonchev–Trinajstić information content (AvgIpc) is 2.31. The standard InChI is InChI=1S/C11H11FN2O2/c12-7-2-1-3-8-10(7)13-11(15)9-6-16-5-4-14(8)9/h1-3,9H,4-6H2,(H,13,15). The zero-order valence-corrected chi connectivity index (χ0v) is 8.57. The molecule has 2 aliphatic rings. The Morgan fingerprint density at radius 3 is 3.25 bits per heavy atom. The summed E-state index contributed by atoms with van der Waals surface area (Å²) in [5.74, 6) is -0.590. The Bertz CT molecular complexity index is 450. The van der Waals surface area contributed by atoms with Crippen LogP contribution >= 0.6 is 0 Å². The van der Waals surface area contributed by atoms with Gasteiger partial charge in [-0.1, -0.05) is 6.07 Å². The number of hydrogen-bond acceptors (Lipinski definition) is 3. The summed E-state index contributed by atoms with van der Waals surface area (Å²) in [5, 5.41) is 2.59. The first-order chi connectivity index (χ1) is 7.77. The number of ether oxygens (including phenoxy) is 1. The minimum atomic E-state index is -0.393. The summed E-state index contributed by atoms with van der Waals surface area (Å²) in [5.41, 5.74) is 1.03. The number of anilines is 2. The van der Waals surface area contributed by atoms with Crippen LogP contribution in [0.3, 0.4) is 0 Å². The summed E-state index contributed by atoms with van der Waals surface area (Å²) in [6.07, 6.45) is 0. The van der Waals surface area contributed by atoms with Gasteiger partial charge in [0.15, 0.2) is 0 Å². The number of nitrogens with one attached hydrogen (secondary N) is 1. The van der Waals surface area contributed by atoms with Crippen molar-refractivity contribution >= 4 is 17.3 Å². The molecule has 0 aliphatic carbocycles. The molecule has 2 aliphatic heterocycles. The van der Waals surface area contributed by atoms with Gasteiger partial charge in [0.05, 0.1) is 18.9 Å². The van der Waals surface area contributed by atoms with Crippen LogP contribution in [-0.4, -0.2) is 31.7 Å². The van der Waals surface area contributed by atoms with E-state index in [1.807, 2.05) is 11.0 Å². The third-order valence-electron chi connectivity index (χ3n) is 2.98. The lowest BCUT2D eigenvalue weighted by molar-refractivity contribution is -0.120. The van der Waals surface area contributed by atoms with E-state index < -0.39 is 5.82 Å². The Balaban J connectivity index is 2.10. The number of fused-ring (bicyclic) bond motifs is 3. The molecule has 0 radical (unpaired) electrons. The van der Waals surface area contributed by atoms with Crippen LogP contribution in [0.5, 0.6) is 0 Å². The largest absolute Gasteiger partial charge is 0.377 e. The SMILES string of the molecule is O=C1Nc2c(F)cccc2N2CCOCC12. The lowest BCUT2D eigenvalue weighted by atomic mass is 10.1. The van der Waals surface area contributed by atoms with Gasteiger partial charge in [0.1, 0.15) is 17.5 Å². The molecule has 4 nitrogen and oxygen atoms in total. The van der Waals surface area contributed by atoms with E-state index in [0.29, 0.717) is 19.8 Å². The molecule has 1 fully saturated rings. The quantitative estimate of drug-likeness (QED) is 0.711. The van der Waals surface area contributed by atoms with Crippen molar-refractivity contribution in [2.24, 2.45) is 0 Å². The van der Waals surface area contributed by atoms with Crippen molar-refractivity contribution in [2.45, 2.75) is 6.04 Å². The van der Waals surface area contributed by atoms with Crippen LogP contribution in [-0.2, 0) is 9.53 Å². The monoisotopic (exact) mass is 222 g/mol. The highest BCUT2D eigenvalue weighted by Crippen LogP contribution is 2.34. The Kier molecular flexibility index (Phi) is 2.07. The van der Waals surface area contributed by atoms with Crippen molar-refractivity contribution in [3.8, 4) is 0 Å². The summed E-state index contributed by atoms with van der Waals surface area (Å²) in [4.78, 5) is 13.6. The number of carbonyl (C=O) groups excluding carboxylic acids is 1. The molecule has 84 valence electrons. The first-order valence-corrected chi connectivity index (χ1v) is 5.21. The predicted octanol–water partition coefficient (Wildman–Crippen LogP) is 0.983. The van der Waals surface area contributed by atoms with Crippen molar-refractivity contribution in [3.63, 3.8) is 0 Å². The number of rotatable bonds is 0. The smallest absolute Gasteiger partial charge is 0.249 e. The molecule has 1 unspecified atom stereocenters. The van der Waals surface area contributed by atoms with E-state index in [-0.39, 0.29) is 17.6 Å². The zero-order valence-electron chi connectivity index (χ0n) is 8.57. The maximum absolute atomic E-state index is 13.5. The second-order valence-corrected chi connectivity index (χ2v) is 3.91. The van der Waals surface area contributed by atoms with Crippen molar-refractivity contribution in [3.05, 3.63) is 24.0 Å². The molecule has 2 heterocycles. The van der Waals surface area contributed by atoms with Gasteiger partial charge in [0, 0.05) is 6.54 Å². The first-order valence-electron chi connectivity index (χ1n) is 5.21. The molecule has 1 aromatic carbocycles. The normalized spacial score (nSPS) is 23.4. The number of morpholine rings is 1. The highest BCUT2D eigenvalue weighted by atomic mass is 19.1. The molecule has 16 heavy (non-hydrogen) atoms. The molecule has 3 rings (SSSR count). The van der Waals surface area contributed by atoms with Crippen molar-refractivity contribution < 1.29 is 13.9 Å². The van der Waals surface area contributed by atoms with E-state index in [2.05, 4.69) is 5.32 Å². The van der Waals surface area contributed by atoms with Crippen molar-refractivity contribution in [1.29, 1.82) is 0 Å². The van der Waals surface area contributed by atoms with E-state index in [1.165, 1.54) is 6.07 Å². The fourth-order valence-electron chi connectivity index (χ4n) is 2.19. The Morgan fingerprint density at radius 1 is 1.50 bits per heavy atom. The highest BCUT2D eigenvalue weighted by molar-refractivity contribution is 6.03. The fraction of sp³-hybridized carbons (Fsp3) is 0.364. The number of para-hydroxylation sites is 1. The van der Waals surface area contributed by atoms with Gasteiger partial charge >= 0.3 is 0 Å². The van der Waals surface area contributed by atoms with Gasteiger partial charge in [-0.25, -0.2) is 4.39 Å². The van der Waals surface area contributed by atoms with Crippen molar-refractivity contribution in [2.75, 3.05) is 30.0 Å². The summed E-state index contributed by atoms with van der Waals surface area (Å²) < 4.78 is 18.8. The van der Waals surface area contributed by atoms with E-state index in [4.69, 9.17) is 4.74 Å². The third-order valence-corrected chi connectivity index (χ3v) is 2.98. The molecule has 1 amide bonds. The Morgan fingerprint density at radius 2 is 2.38 bits per heavy atom. The number of halogens is 1. The average molecular weight is 222 g/mol. The summed E-state index contributed by atoms with van der Waals surface area (Å²) in [6.45, 7) is 1.55. The van der Waals surface area contributed by atoms with Gasteiger partial charge in [-0.05, 0) is 12.1 Å².